The minimum atomic E-state index is -0.527. The van der Waals surface area contributed by atoms with Gasteiger partial charge in [0.1, 0.15) is 23.4 Å². The van der Waals surface area contributed by atoms with Crippen molar-refractivity contribution in [1.82, 2.24) is 0 Å². The van der Waals surface area contributed by atoms with Gasteiger partial charge in [-0.15, -0.1) is 0 Å². The summed E-state index contributed by atoms with van der Waals surface area (Å²) in [4.78, 5) is 0. The normalized spacial score (nSPS) is 46.0. The van der Waals surface area contributed by atoms with E-state index < -0.39 is 11.2 Å². The Balaban J connectivity index is 1.72. The molecule has 4 rings (SSSR count). The molecule has 2 spiro atoms. The van der Waals surface area contributed by atoms with Crippen molar-refractivity contribution < 1.29 is 18.9 Å². The highest BCUT2D eigenvalue weighted by molar-refractivity contribution is 5.32. The van der Waals surface area contributed by atoms with E-state index in [-0.39, 0.29) is 12.2 Å². The van der Waals surface area contributed by atoms with E-state index in [0.29, 0.717) is 26.4 Å². The third kappa shape index (κ3) is 1.76. The van der Waals surface area contributed by atoms with Crippen LogP contribution < -0.4 is 0 Å². The van der Waals surface area contributed by atoms with Gasteiger partial charge in [0.15, 0.2) is 0 Å². The molecule has 0 unspecified atom stereocenters. The van der Waals surface area contributed by atoms with E-state index in [1.807, 2.05) is 24.3 Å². The largest absolute Gasteiger partial charge is 0.368 e. The predicted molar refractivity (Wildman–Crippen MR) is 73.4 cm³/mol. The van der Waals surface area contributed by atoms with Gasteiger partial charge in [0.05, 0.1) is 26.4 Å². The van der Waals surface area contributed by atoms with Gasteiger partial charge in [0.2, 0.25) is 0 Å². The fourth-order valence-corrected chi connectivity index (χ4v) is 3.39. The third-order valence-electron chi connectivity index (χ3n) is 4.28. The van der Waals surface area contributed by atoms with Crippen LogP contribution in [0, 0.1) is 0 Å². The molecular weight excluding hydrogens is 256 g/mol. The lowest BCUT2D eigenvalue weighted by Gasteiger charge is -2.46. The molecule has 4 heteroatoms. The van der Waals surface area contributed by atoms with Gasteiger partial charge in [-0.05, 0) is 24.3 Å². The molecule has 0 saturated carbocycles. The molecule has 4 aliphatic heterocycles. The molecule has 0 amide bonds. The summed E-state index contributed by atoms with van der Waals surface area (Å²) in [6.07, 6.45) is 16.0. The van der Waals surface area contributed by atoms with Crippen molar-refractivity contribution >= 4 is 0 Å². The van der Waals surface area contributed by atoms with Crippen LogP contribution in [0.1, 0.15) is 0 Å². The summed E-state index contributed by atoms with van der Waals surface area (Å²) in [5, 5.41) is 0. The van der Waals surface area contributed by atoms with Gasteiger partial charge in [0.25, 0.3) is 0 Å². The lowest BCUT2D eigenvalue weighted by molar-refractivity contribution is -0.189. The van der Waals surface area contributed by atoms with Crippen LogP contribution in [-0.4, -0.2) is 49.8 Å². The Morgan fingerprint density at radius 1 is 0.600 bits per heavy atom. The van der Waals surface area contributed by atoms with E-state index in [0.717, 1.165) is 0 Å². The Morgan fingerprint density at radius 3 is 1.40 bits per heavy atom. The quantitative estimate of drug-likeness (QED) is 0.680. The van der Waals surface area contributed by atoms with Crippen molar-refractivity contribution in [3.05, 3.63) is 48.6 Å². The maximum Gasteiger partial charge on any atom is 0.134 e. The zero-order valence-corrected chi connectivity index (χ0v) is 11.2. The van der Waals surface area contributed by atoms with Crippen molar-refractivity contribution in [3.63, 3.8) is 0 Å². The summed E-state index contributed by atoms with van der Waals surface area (Å²) >= 11 is 0. The van der Waals surface area contributed by atoms with E-state index in [1.165, 1.54) is 0 Å². The first-order valence-electron chi connectivity index (χ1n) is 7.07. The van der Waals surface area contributed by atoms with Gasteiger partial charge in [0, 0.05) is 0 Å². The first kappa shape index (κ1) is 12.5. The molecule has 4 nitrogen and oxygen atoms in total. The Labute approximate surface area is 118 Å². The average molecular weight is 274 g/mol. The SMILES string of the molecule is C1=C[C@]2(C=CCO2)[C@@H]([C@H]2OCC=C[C@]23C=CCO3)OC1. The lowest BCUT2D eigenvalue weighted by atomic mass is 9.81. The number of ether oxygens (including phenoxy) is 4. The van der Waals surface area contributed by atoms with E-state index >= 15 is 0 Å². The van der Waals surface area contributed by atoms with E-state index in [4.69, 9.17) is 18.9 Å². The average Bonchev–Trinajstić information content (AvgIpc) is 3.12. The molecule has 0 fully saturated rings. The molecule has 0 aromatic heterocycles. The second-order valence-corrected chi connectivity index (χ2v) is 5.45. The van der Waals surface area contributed by atoms with Crippen molar-refractivity contribution in [2.24, 2.45) is 0 Å². The molecule has 0 aromatic rings. The van der Waals surface area contributed by atoms with Gasteiger partial charge in [-0.3, -0.25) is 0 Å². The summed E-state index contributed by atoms with van der Waals surface area (Å²) in [7, 11) is 0. The summed E-state index contributed by atoms with van der Waals surface area (Å²) in [6.45, 7) is 2.37. The lowest BCUT2D eigenvalue weighted by Crippen LogP contribution is -2.60. The number of hydrogen-bond donors (Lipinski definition) is 0. The molecule has 106 valence electrons. The molecule has 0 radical (unpaired) electrons. The van der Waals surface area contributed by atoms with Crippen LogP contribution in [-0.2, 0) is 18.9 Å². The molecule has 0 aromatic carbocycles. The first-order valence-corrected chi connectivity index (χ1v) is 7.07. The predicted octanol–water partition coefficient (Wildman–Crippen LogP) is 1.55. The summed E-state index contributed by atoms with van der Waals surface area (Å²) < 4.78 is 23.9. The smallest absolute Gasteiger partial charge is 0.134 e. The van der Waals surface area contributed by atoms with Crippen LogP contribution in [0.25, 0.3) is 0 Å². The van der Waals surface area contributed by atoms with Gasteiger partial charge < -0.3 is 18.9 Å². The summed E-state index contributed by atoms with van der Waals surface area (Å²) in [6, 6.07) is 0. The maximum atomic E-state index is 6.01. The number of rotatable bonds is 1. The van der Waals surface area contributed by atoms with E-state index in [2.05, 4.69) is 24.3 Å². The van der Waals surface area contributed by atoms with Gasteiger partial charge in [-0.1, -0.05) is 24.3 Å². The Hall–Kier alpha value is -1.20. The third-order valence-corrected chi connectivity index (χ3v) is 4.28. The van der Waals surface area contributed by atoms with Crippen LogP contribution in [0.5, 0.6) is 0 Å². The monoisotopic (exact) mass is 274 g/mol. The van der Waals surface area contributed by atoms with Gasteiger partial charge in [-0.2, -0.15) is 0 Å². The van der Waals surface area contributed by atoms with Crippen LogP contribution in [0.3, 0.4) is 0 Å². The second kappa shape index (κ2) is 4.67. The molecule has 20 heavy (non-hydrogen) atoms. The Bertz CT molecular complexity index is 461. The Morgan fingerprint density at radius 2 is 1.00 bits per heavy atom. The molecule has 0 bridgehead atoms. The molecule has 0 aliphatic carbocycles. The van der Waals surface area contributed by atoms with Crippen molar-refractivity contribution in [3.8, 4) is 0 Å². The van der Waals surface area contributed by atoms with E-state index in [9.17, 15) is 0 Å². The Kier molecular flexibility index (Phi) is 2.93. The van der Waals surface area contributed by atoms with Crippen LogP contribution >= 0.6 is 0 Å². The zero-order chi connectivity index (χ0) is 13.5. The molecule has 0 saturated heterocycles. The molecular formula is C16H18O4. The van der Waals surface area contributed by atoms with Crippen molar-refractivity contribution in [2.75, 3.05) is 26.4 Å². The number of hydrogen-bond acceptors (Lipinski definition) is 4. The van der Waals surface area contributed by atoms with Crippen LogP contribution in [0.4, 0.5) is 0 Å². The summed E-state index contributed by atoms with van der Waals surface area (Å²) in [5.41, 5.74) is -1.05. The highest BCUT2D eigenvalue weighted by Crippen LogP contribution is 2.40. The van der Waals surface area contributed by atoms with Crippen molar-refractivity contribution in [1.29, 1.82) is 0 Å². The standard InChI is InChI=1S/C16H18O4/c1-5-15(7-3-11-19-15)13(17-9-1)14-16(6-2-10-18-14)8-4-12-20-16/h1-8,13-14H,9-12H2/t13-,14-,15+,16+/m1/s1. The highest BCUT2D eigenvalue weighted by Gasteiger charge is 2.53. The van der Waals surface area contributed by atoms with Gasteiger partial charge in [-0.25, -0.2) is 0 Å². The minimum Gasteiger partial charge on any atom is -0.368 e. The minimum absolute atomic E-state index is 0.209. The van der Waals surface area contributed by atoms with Crippen molar-refractivity contribution in [2.45, 2.75) is 23.4 Å². The van der Waals surface area contributed by atoms with E-state index in [1.54, 1.807) is 0 Å². The summed E-state index contributed by atoms with van der Waals surface area (Å²) in [5.74, 6) is 0. The zero-order valence-electron chi connectivity index (χ0n) is 11.2. The fraction of sp³-hybridized carbons (Fsp3) is 0.500. The van der Waals surface area contributed by atoms with Gasteiger partial charge >= 0.3 is 0 Å². The van der Waals surface area contributed by atoms with Crippen LogP contribution in [0.2, 0.25) is 0 Å². The molecule has 4 atom stereocenters. The highest BCUT2D eigenvalue weighted by atomic mass is 16.6. The maximum absolute atomic E-state index is 6.01. The second-order valence-electron chi connectivity index (χ2n) is 5.45. The molecule has 4 heterocycles. The molecule has 0 N–H and O–H groups in total. The topological polar surface area (TPSA) is 36.9 Å². The fourth-order valence-electron chi connectivity index (χ4n) is 3.39. The molecule has 4 aliphatic rings. The first-order chi connectivity index (χ1) is 9.85. The van der Waals surface area contributed by atoms with Crippen LogP contribution in [0.15, 0.2) is 48.6 Å².